The molecule has 3 aromatic rings. The molecule has 0 bridgehead atoms. The highest BCUT2D eigenvalue weighted by atomic mass is 19.1. The number of hydrogen-bond acceptors (Lipinski definition) is 5. The van der Waals surface area contributed by atoms with Crippen molar-refractivity contribution < 1.29 is 24.2 Å². The molecule has 8 heteroatoms. The van der Waals surface area contributed by atoms with Crippen LogP contribution in [0.15, 0.2) is 59.1 Å². The van der Waals surface area contributed by atoms with Crippen molar-refractivity contribution in [3.8, 4) is 5.69 Å². The highest BCUT2D eigenvalue weighted by Crippen LogP contribution is 2.35. The number of carboxylic acid groups (broad SMARTS) is 1. The molecule has 1 fully saturated rings. The number of aliphatic hydroxyl groups excluding tert-OH is 1. The summed E-state index contributed by atoms with van der Waals surface area (Å²) in [5.41, 5.74) is 0.714. The summed E-state index contributed by atoms with van der Waals surface area (Å²) in [5.74, 6) is -1.19. The van der Waals surface area contributed by atoms with E-state index in [1.807, 2.05) is 0 Å². The minimum absolute atomic E-state index is 0.00380. The minimum atomic E-state index is -0.900. The van der Waals surface area contributed by atoms with Gasteiger partial charge in [-0.1, -0.05) is 6.07 Å². The third-order valence-electron chi connectivity index (χ3n) is 5.62. The molecule has 1 aliphatic carbocycles. The summed E-state index contributed by atoms with van der Waals surface area (Å²) in [4.78, 5) is 41.3. The van der Waals surface area contributed by atoms with Gasteiger partial charge in [-0.2, -0.15) is 0 Å². The lowest BCUT2D eigenvalue weighted by molar-refractivity contribution is -0.137. The summed E-state index contributed by atoms with van der Waals surface area (Å²) < 4.78 is 14.8. The van der Waals surface area contributed by atoms with Crippen molar-refractivity contribution in [2.45, 2.75) is 38.5 Å². The lowest BCUT2D eigenvalue weighted by Gasteiger charge is -2.14. The molecule has 1 aliphatic rings. The van der Waals surface area contributed by atoms with Gasteiger partial charge in [-0.05, 0) is 62.1 Å². The zero-order valence-electron chi connectivity index (χ0n) is 17.8. The lowest BCUT2D eigenvalue weighted by Crippen LogP contribution is -2.24. The second-order valence-corrected chi connectivity index (χ2v) is 8.19. The molecule has 0 aliphatic heterocycles. The number of allylic oxidation sites excluding steroid dienone is 2. The van der Waals surface area contributed by atoms with E-state index in [4.69, 9.17) is 5.11 Å². The maximum absolute atomic E-state index is 13.4. The monoisotopic (exact) mass is 450 g/mol. The third-order valence-corrected chi connectivity index (χ3v) is 5.62. The van der Waals surface area contributed by atoms with Crippen LogP contribution in [0.4, 0.5) is 4.39 Å². The first-order valence-corrected chi connectivity index (χ1v) is 10.8. The van der Waals surface area contributed by atoms with Crippen LogP contribution in [-0.2, 0) is 11.2 Å². The maximum Gasteiger partial charge on any atom is 0.303 e. The minimum Gasteiger partial charge on any atom is -0.512 e. The third kappa shape index (κ3) is 5.16. The average molecular weight is 450 g/mol. The number of hydrogen-bond donors (Lipinski definition) is 2. The largest absolute Gasteiger partial charge is 0.512 e. The summed E-state index contributed by atoms with van der Waals surface area (Å²) in [6.07, 6.45) is 4.18. The number of carboxylic acids is 1. The number of aryl methyl sites for hydroxylation is 1. The lowest BCUT2D eigenvalue weighted by atomic mass is 10.1. The van der Waals surface area contributed by atoms with Gasteiger partial charge in [0.2, 0.25) is 0 Å². The van der Waals surface area contributed by atoms with E-state index in [-0.39, 0.29) is 29.4 Å². The van der Waals surface area contributed by atoms with Crippen LogP contribution < -0.4 is 5.56 Å². The topological polar surface area (TPSA) is 109 Å². The van der Waals surface area contributed by atoms with Crippen molar-refractivity contribution >= 4 is 22.7 Å². The van der Waals surface area contributed by atoms with Gasteiger partial charge in [-0.15, -0.1) is 0 Å². The SMILES string of the molecule is O=C(O)CCCCc1nc2cc(C(=O)C=C(O)C3CC3)ccc2c(=O)n1-c1ccc(F)cc1. The number of aromatic nitrogens is 2. The number of fused-ring (bicyclic) bond motifs is 1. The van der Waals surface area contributed by atoms with Crippen LogP contribution >= 0.6 is 0 Å². The molecule has 4 rings (SSSR count). The molecule has 0 atom stereocenters. The van der Waals surface area contributed by atoms with Crippen LogP contribution in [-0.4, -0.2) is 31.5 Å². The first kappa shape index (κ1) is 22.4. The van der Waals surface area contributed by atoms with E-state index in [0.717, 1.165) is 12.8 Å². The van der Waals surface area contributed by atoms with Crippen molar-refractivity contribution in [3.63, 3.8) is 0 Å². The van der Waals surface area contributed by atoms with Gasteiger partial charge in [0, 0.05) is 30.4 Å². The Morgan fingerprint density at radius 2 is 1.82 bits per heavy atom. The molecule has 170 valence electrons. The number of carbonyl (C=O) groups excluding carboxylic acids is 1. The first-order chi connectivity index (χ1) is 15.8. The van der Waals surface area contributed by atoms with Crippen molar-refractivity contribution in [2.75, 3.05) is 0 Å². The number of aliphatic carboxylic acids is 1. The van der Waals surface area contributed by atoms with Gasteiger partial charge in [0.25, 0.3) is 5.56 Å². The van der Waals surface area contributed by atoms with Crippen molar-refractivity contribution in [3.05, 3.63) is 81.9 Å². The highest BCUT2D eigenvalue weighted by molar-refractivity contribution is 6.06. The predicted molar refractivity (Wildman–Crippen MR) is 120 cm³/mol. The molecule has 0 amide bonds. The summed E-state index contributed by atoms with van der Waals surface area (Å²) >= 11 is 0. The normalized spacial score (nSPS) is 13.9. The van der Waals surface area contributed by atoms with E-state index in [1.165, 1.54) is 53.1 Å². The van der Waals surface area contributed by atoms with Gasteiger partial charge in [-0.25, -0.2) is 9.37 Å². The molecule has 0 spiro atoms. The summed E-state index contributed by atoms with van der Waals surface area (Å²) in [6, 6.07) is 10.0. The molecule has 2 aromatic carbocycles. The first-order valence-electron chi connectivity index (χ1n) is 10.8. The number of nitrogens with zero attached hydrogens (tertiary/aromatic N) is 2. The fourth-order valence-electron chi connectivity index (χ4n) is 3.68. The number of rotatable bonds is 9. The van der Waals surface area contributed by atoms with Gasteiger partial charge in [-0.3, -0.25) is 19.0 Å². The summed E-state index contributed by atoms with van der Waals surface area (Å²) in [7, 11) is 0. The van der Waals surface area contributed by atoms with Gasteiger partial charge < -0.3 is 10.2 Å². The van der Waals surface area contributed by atoms with E-state index in [2.05, 4.69) is 4.98 Å². The van der Waals surface area contributed by atoms with E-state index in [9.17, 15) is 23.9 Å². The second-order valence-electron chi connectivity index (χ2n) is 8.19. The quantitative estimate of drug-likeness (QED) is 0.217. The van der Waals surface area contributed by atoms with Crippen LogP contribution in [0.25, 0.3) is 16.6 Å². The zero-order chi connectivity index (χ0) is 23.5. The fourth-order valence-corrected chi connectivity index (χ4v) is 3.68. The second kappa shape index (κ2) is 9.36. The fraction of sp³-hybridized carbons (Fsp3) is 0.280. The Kier molecular flexibility index (Phi) is 6.35. The van der Waals surface area contributed by atoms with E-state index in [0.29, 0.717) is 47.2 Å². The van der Waals surface area contributed by atoms with Gasteiger partial charge in [0.1, 0.15) is 11.6 Å². The van der Waals surface area contributed by atoms with E-state index < -0.39 is 11.8 Å². The molecule has 1 saturated carbocycles. The van der Waals surface area contributed by atoms with Crippen molar-refractivity contribution in [1.29, 1.82) is 0 Å². The smallest absolute Gasteiger partial charge is 0.303 e. The molecule has 33 heavy (non-hydrogen) atoms. The van der Waals surface area contributed by atoms with Crippen molar-refractivity contribution in [2.24, 2.45) is 5.92 Å². The molecule has 1 heterocycles. The standard InChI is InChI=1S/C25H23FN2O5/c26-17-8-10-18(11-9-17)28-23(3-1-2-4-24(31)32)27-20-13-16(7-12-19(20)25(28)33)22(30)14-21(29)15-5-6-15/h7-15,29H,1-6H2,(H,31,32). The number of halogens is 1. The van der Waals surface area contributed by atoms with Crippen LogP contribution in [0.2, 0.25) is 0 Å². The van der Waals surface area contributed by atoms with Crippen molar-refractivity contribution in [1.82, 2.24) is 9.55 Å². The average Bonchev–Trinajstić information content (AvgIpc) is 3.63. The molecule has 0 unspecified atom stereocenters. The summed E-state index contributed by atoms with van der Waals surface area (Å²) in [6.45, 7) is 0. The van der Waals surface area contributed by atoms with Crippen LogP contribution in [0.3, 0.4) is 0 Å². The number of unbranched alkanes of at least 4 members (excludes halogenated alkanes) is 1. The van der Waals surface area contributed by atoms with Gasteiger partial charge in [0.15, 0.2) is 5.78 Å². The van der Waals surface area contributed by atoms with Crippen LogP contribution in [0, 0.1) is 11.7 Å². The van der Waals surface area contributed by atoms with Crippen LogP contribution in [0.5, 0.6) is 0 Å². The molecule has 0 radical (unpaired) electrons. The molecule has 2 N–H and O–H groups in total. The molecule has 0 saturated heterocycles. The molecule has 7 nitrogen and oxygen atoms in total. The van der Waals surface area contributed by atoms with E-state index in [1.54, 1.807) is 0 Å². The maximum atomic E-state index is 13.4. The van der Waals surface area contributed by atoms with Gasteiger partial charge in [0.05, 0.1) is 22.3 Å². The van der Waals surface area contributed by atoms with Gasteiger partial charge >= 0.3 is 5.97 Å². The molecule has 1 aromatic heterocycles. The molecular formula is C25H23FN2O5. The highest BCUT2D eigenvalue weighted by Gasteiger charge is 2.26. The number of aliphatic hydroxyl groups is 1. The predicted octanol–water partition coefficient (Wildman–Crippen LogP) is 4.36. The Hall–Kier alpha value is -3.81. The Morgan fingerprint density at radius 1 is 1.09 bits per heavy atom. The Balaban J connectivity index is 1.75. The Labute approximate surface area is 188 Å². The Morgan fingerprint density at radius 3 is 2.48 bits per heavy atom. The van der Waals surface area contributed by atoms with Crippen LogP contribution in [0.1, 0.15) is 48.3 Å². The molecular weight excluding hydrogens is 427 g/mol. The number of ketones is 1. The zero-order valence-corrected chi connectivity index (χ0v) is 17.8. The van der Waals surface area contributed by atoms with E-state index >= 15 is 0 Å². The summed E-state index contributed by atoms with van der Waals surface area (Å²) in [5, 5.41) is 19.1. The number of carbonyl (C=O) groups is 2. The Bertz CT molecular complexity index is 1310. The number of benzene rings is 2.